The Labute approximate surface area is 129 Å². The molecule has 0 amide bonds. The Kier molecular flexibility index (Phi) is 5.34. The van der Waals surface area contributed by atoms with Crippen LogP contribution in [0.5, 0.6) is 0 Å². The summed E-state index contributed by atoms with van der Waals surface area (Å²) in [6.45, 7) is 10.7. The monoisotopic (exact) mass is 318 g/mol. The van der Waals surface area contributed by atoms with E-state index < -0.39 is 10.0 Å². The number of hydrogen-bond donors (Lipinski definition) is 1. The Morgan fingerprint density at radius 1 is 1.29 bits per heavy atom. The summed E-state index contributed by atoms with van der Waals surface area (Å²) in [7, 11) is -3.13. The largest absolute Gasteiger partial charge is 0.377 e. The van der Waals surface area contributed by atoms with Crippen molar-refractivity contribution >= 4 is 10.0 Å². The fourth-order valence-electron chi connectivity index (χ4n) is 4.03. The number of nitrogens with one attached hydrogen (secondary N) is 1. The van der Waals surface area contributed by atoms with Crippen LogP contribution < -0.4 is 5.32 Å². The molecule has 2 aliphatic rings. The third-order valence-electron chi connectivity index (χ3n) is 5.15. The van der Waals surface area contributed by atoms with Gasteiger partial charge in [0, 0.05) is 43.6 Å². The quantitative estimate of drug-likeness (QED) is 0.772. The number of fused-ring (bicyclic) bond motifs is 1. The summed E-state index contributed by atoms with van der Waals surface area (Å²) in [4.78, 5) is 0. The van der Waals surface area contributed by atoms with Crippen LogP contribution in [-0.4, -0.2) is 56.9 Å². The highest BCUT2D eigenvalue weighted by atomic mass is 32.2. The van der Waals surface area contributed by atoms with Gasteiger partial charge in [-0.05, 0) is 12.8 Å². The average Bonchev–Trinajstić information content (AvgIpc) is 2.44. The molecule has 1 aliphatic heterocycles. The number of sulfonamides is 1. The molecule has 0 spiro atoms. The van der Waals surface area contributed by atoms with Gasteiger partial charge in [0.25, 0.3) is 0 Å². The number of nitrogens with zero attached hydrogens (tertiary/aromatic N) is 1. The van der Waals surface area contributed by atoms with Crippen LogP contribution in [0.15, 0.2) is 0 Å². The lowest BCUT2D eigenvalue weighted by Gasteiger charge is -2.60. The first kappa shape index (κ1) is 17.2. The van der Waals surface area contributed by atoms with Crippen LogP contribution >= 0.6 is 0 Å². The van der Waals surface area contributed by atoms with E-state index in [0.717, 1.165) is 13.0 Å². The fourth-order valence-corrected chi connectivity index (χ4v) is 5.45. The summed E-state index contributed by atoms with van der Waals surface area (Å²) in [5.74, 6) is 0.726. The van der Waals surface area contributed by atoms with Gasteiger partial charge in [-0.3, -0.25) is 0 Å². The Morgan fingerprint density at radius 2 is 1.95 bits per heavy atom. The minimum atomic E-state index is -3.13. The summed E-state index contributed by atoms with van der Waals surface area (Å²) >= 11 is 0. The van der Waals surface area contributed by atoms with Crippen molar-refractivity contribution in [1.82, 2.24) is 9.62 Å². The van der Waals surface area contributed by atoms with Crippen LogP contribution in [0.2, 0.25) is 0 Å². The van der Waals surface area contributed by atoms with E-state index in [-0.39, 0.29) is 11.2 Å². The number of hydrogen-bond acceptors (Lipinski definition) is 4. The second-order valence-electron chi connectivity index (χ2n) is 6.75. The van der Waals surface area contributed by atoms with Crippen molar-refractivity contribution in [3.63, 3.8) is 0 Å². The van der Waals surface area contributed by atoms with E-state index in [9.17, 15) is 8.42 Å². The maximum atomic E-state index is 12.2. The molecule has 0 unspecified atom stereocenters. The fraction of sp³-hybridized carbons (Fsp3) is 1.00. The van der Waals surface area contributed by atoms with E-state index in [1.807, 2.05) is 13.8 Å². The standard InChI is InChI=1S/C15H30N2O3S/c1-5-17(6-2)21(18,19)11-9-16-13-12-8-7-10-20-14(12)15(13,3)4/h12-14,16H,5-11H2,1-4H3/t12-,13+,14-/m0/s1. The molecule has 1 saturated carbocycles. The highest BCUT2D eigenvalue weighted by Crippen LogP contribution is 2.51. The summed E-state index contributed by atoms with van der Waals surface area (Å²) in [6.07, 6.45) is 2.64. The molecule has 0 aromatic rings. The second-order valence-corrected chi connectivity index (χ2v) is 8.84. The van der Waals surface area contributed by atoms with Crippen LogP contribution in [-0.2, 0) is 14.8 Å². The molecule has 2 fully saturated rings. The molecular weight excluding hydrogens is 288 g/mol. The van der Waals surface area contributed by atoms with Gasteiger partial charge in [-0.25, -0.2) is 12.7 Å². The third-order valence-corrected chi connectivity index (χ3v) is 7.18. The summed E-state index contributed by atoms with van der Waals surface area (Å²) in [6, 6.07) is 0.370. The highest BCUT2D eigenvalue weighted by molar-refractivity contribution is 7.89. The Balaban J connectivity index is 1.86. The Morgan fingerprint density at radius 3 is 2.57 bits per heavy atom. The second kappa shape index (κ2) is 6.52. The molecule has 0 aromatic carbocycles. The van der Waals surface area contributed by atoms with Gasteiger partial charge < -0.3 is 10.1 Å². The van der Waals surface area contributed by atoms with E-state index in [1.54, 1.807) is 0 Å². The van der Waals surface area contributed by atoms with Crippen molar-refractivity contribution in [2.45, 2.75) is 52.7 Å². The first-order valence-corrected chi connectivity index (χ1v) is 9.78. The topological polar surface area (TPSA) is 58.6 Å². The van der Waals surface area contributed by atoms with Gasteiger partial charge >= 0.3 is 0 Å². The SMILES string of the molecule is CCN(CC)S(=O)(=O)CCN[C@@H]1[C@@H]2CCCO[C@@H]2C1(C)C. The molecule has 3 atom stereocenters. The molecule has 1 N–H and O–H groups in total. The molecule has 0 aromatic heterocycles. The molecule has 1 aliphatic carbocycles. The van der Waals surface area contributed by atoms with Gasteiger partial charge in [-0.1, -0.05) is 27.7 Å². The zero-order valence-electron chi connectivity index (χ0n) is 13.8. The van der Waals surface area contributed by atoms with Crippen LogP contribution in [0.1, 0.15) is 40.5 Å². The Bertz CT molecular complexity index is 446. The molecule has 5 nitrogen and oxygen atoms in total. The van der Waals surface area contributed by atoms with Crippen molar-refractivity contribution in [3.05, 3.63) is 0 Å². The molecule has 0 radical (unpaired) electrons. The predicted octanol–water partition coefficient (Wildman–Crippen LogP) is 1.45. The normalized spacial score (nSPS) is 31.8. The van der Waals surface area contributed by atoms with Gasteiger partial charge in [0.2, 0.25) is 10.0 Å². The van der Waals surface area contributed by atoms with Gasteiger partial charge in [-0.15, -0.1) is 0 Å². The summed E-state index contributed by atoms with van der Waals surface area (Å²) in [5.41, 5.74) is 0.101. The summed E-state index contributed by atoms with van der Waals surface area (Å²) in [5, 5.41) is 3.48. The predicted molar refractivity (Wildman–Crippen MR) is 84.7 cm³/mol. The molecule has 1 heterocycles. The summed E-state index contributed by atoms with van der Waals surface area (Å²) < 4.78 is 31.8. The molecule has 21 heavy (non-hydrogen) atoms. The smallest absolute Gasteiger partial charge is 0.215 e. The minimum Gasteiger partial charge on any atom is -0.377 e. The highest BCUT2D eigenvalue weighted by Gasteiger charge is 2.57. The van der Waals surface area contributed by atoms with Crippen LogP contribution in [0.4, 0.5) is 0 Å². The zero-order valence-corrected chi connectivity index (χ0v) is 14.6. The van der Waals surface area contributed by atoms with Crippen molar-refractivity contribution in [2.24, 2.45) is 11.3 Å². The maximum absolute atomic E-state index is 12.2. The van der Waals surface area contributed by atoms with Crippen molar-refractivity contribution in [1.29, 1.82) is 0 Å². The van der Waals surface area contributed by atoms with Crippen molar-refractivity contribution < 1.29 is 13.2 Å². The lowest BCUT2D eigenvalue weighted by atomic mass is 9.55. The molecule has 0 bridgehead atoms. The van der Waals surface area contributed by atoms with E-state index >= 15 is 0 Å². The van der Waals surface area contributed by atoms with Gasteiger partial charge in [0.05, 0.1) is 11.9 Å². The molecular formula is C15H30N2O3S. The first-order chi connectivity index (χ1) is 9.84. The van der Waals surface area contributed by atoms with Crippen molar-refractivity contribution in [2.75, 3.05) is 32.0 Å². The first-order valence-electron chi connectivity index (χ1n) is 8.17. The molecule has 6 heteroatoms. The number of rotatable bonds is 7. The minimum absolute atomic E-state index is 0.101. The maximum Gasteiger partial charge on any atom is 0.215 e. The lowest BCUT2D eigenvalue weighted by molar-refractivity contribution is -0.192. The molecule has 124 valence electrons. The van der Waals surface area contributed by atoms with Crippen LogP contribution in [0.25, 0.3) is 0 Å². The number of ether oxygens (including phenoxy) is 1. The molecule has 1 saturated heterocycles. The van der Waals surface area contributed by atoms with Gasteiger partial charge in [0.15, 0.2) is 0 Å². The van der Waals surface area contributed by atoms with Gasteiger partial charge in [-0.2, -0.15) is 0 Å². The van der Waals surface area contributed by atoms with E-state index in [1.165, 1.54) is 10.7 Å². The van der Waals surface area contributed by atoms with E-state index in [4.69, 9.17) is 4.74 Å². The van der Waals surface area contributed by atoms with Crippen molar-refractivity contribution in [3.8, 4) is 0 Å². The molecule has 2 rings (SSSR count). The zero-order chi connectivity index (χ0) is 15.7. The van der Waals surface area contributed by atoms with E-state index in [2.05, 4.69) is 19.2 Å². The average molecular weight is 318 g/mol. The lowest BCUT2D eigenvalue weighted by Crippen LogP contribution is -2.69. The third kappa shape index (κ3) is 3.28. The van der Waals surface area contributed by atoms with E-state index in [0.29, 0.717) is 37.7 Å². The van der Waals surface area contributed by atoms with Crippen LogP contribution in [0, 0.1) is 11.3 Å². The Hall–Kier alpha value is -0.170. The van der Waals surface area contributed by atoms with Gasteiger partial charge in [0.1, 0.15) is 0 Å². The van der Waals surface area contributed by atoms with Crippen LogP contribution in [0.3, 0.4) is 0 Å².